The predicted octanol–water partition coefficient (Wildman–Crippen LogP) is 0.772. The SMILES string of the molecule is Cc1ccncc1C(O)CCN. The number of hydrogen-bond acceptors (Lipinski definition) is 3. The van der Waals surface area contributed by atoms with E-state index in [0.717, 1.165) is 11.1 Å². The van der Waals surface area contributed by atoms with Gasteiger partial charge in [-0.3, -0.25) is 4.98 Å². The molecule has 0 aliphatic heterocycles. The lowest BCUT2D eigenvalue weighted by Crippen LogP contribution is -2.08. The summed E-state index contributed by atoms with van der Waals surface area (Å²) in [6, 6.07) is 1.88. The maximum Gasteiger partial charge on any atom is 0.0819 e. The molecular formula is C9H14N2O. The molecule has 0 saturated carbocycles. The Morgan fingerprint density at radius 2 is 2.42 bits per heavy atom. The Morgan fingerprint density at radius 1 is 1.67 bits per heavy atom. The van der Waals surface area contributed by atoms with Crippen LogP contribution in [0.1, 0.15) is 23.7 Å². The monoisotopic (exact) mass is 166 g/mol. The highest BCUT2D eigenvalue weighted by Gasteiger charge is 2.08. The lowest BCUT2D eigenvalue weighted by Gasteiger charge is -2.10. The number of aryl methyl sites for hydroxylation is 1. The Labute approximate surface area is 72.2 Å². The highest BCUT2D eigenvalue weighted by Crippen LogP contribution is 2.17. The first-order valence-electron chi connectivity index (χ1n) is 4.04. The molecule has 1 aromatic heterocycles. The molecule has 0 radical (unpaired) electrons. The van der Waals surface area contributed by atoms with Crippen molar-refractivity contribution in [3.63, 3.8) is 0 Å². The predicted molar refractivity (Wildman–Crippen MR) is 47.6 cm³/mol. The maximum absolute atomic E-state index is 9.58. The number of aromatic nitrogens is 1. The Morgan fingerprint density at radius 3 is 3.00 bits per heavy atom. The molecule has 0 saturated heterocycles. The molecule has 0 aliphatic carbocycles. The summed E-state index contributed by atoms with van der Waals surface area (Å²) in [4.78, 5) is 3.95. The van der Waals surface area contributed by atoms with Gasteiger partial charge in [-0.15, -0.1) is 0 Å². The number of aliphatic hydroxyl groups excluding tert-OH is 1. The van der Waals surface area contributed by atoms with Crippen molar-refractivity contribution in [2.45, 2.75) is 19.4 Å². The van der Waals surface area contributed by atoms with Crippen LogP contribution in [0.4, 0.5) is 0 Å². The van der Waals surface area contributed by atoms with Crippen molar-refractivity contribution >= 4 is 0 Å². The molecule has 0 fully saturated rings. The van der Waals surface area contributed by atoms with Crippen molar-refractivity contribution in [1.82, 2.24) is 4.98 Å². The third-order valence-corrected chi connectivity index (χ3v) is 1.88. The number of nitrogens with zero attached hydrogens (tertiary/aromatic N) is 1. The van der Waals surface area contributed by atoms with Crippen LogP contribution in [-0.4, -0.2) is 16.6 Å². The lowest BCUT2D eigenvalue weighted by molar-refractivity contribution is 0.169. The zero-order valence-corrected chi connectivity index (χ0v) is 7.20. The van der Waals surface area contributed by atoms with Crippen molar-refractivity contribution in [3.8, 4) is 0 Å². The number of pyridine rings is 1. The summed E-state index contributed by atoms with van der Waals surface area (Å²) in [5, 5.41) is 9.58. The molecule has 3 heteroatoms. The highest BCUT2D eigenvalue weighted by molar-refractivity contribution is 5.23. The summed E-state index contributed by atoms with van der Waals surface area (Å²) in [5.41, 5.74) is 7.28. The fraction of sp³-hybridized carbons (Fsp3) is 0.444. The molecule has 0 amide bonds. The van der Waals surface area contributed by atoms with E-state index in [1.165, 1.54) is 0 Å². The molecule has 1 rings (SSSR count). The van der Waals surface area contributed by atoms with Crippen LogP contribution in [0.15, 0.2) is 18.5 Å². The van der Waals surface area contributed by atoms with Crippen LogP contribution in [0.5, 0.6) is 0 Å². The minimum absolute atomic E-state index is 0.469. The third kappa shape index (κ3) is 2.03. The van der Waals surface area contributed by atoms with Crippen LogP contribution in [-0.2, 0) is 0 Å². The quantitative estimate of drug-likeness (QED) is 0.697. The van der Waals surface area contributed by atoms with E-state index in [1.54, 1.807) is 12.4 Å². The Kier molecular flexibility index (Phi) is 3.19. The van der Waals surface area contributed by atoms with E-state index in [0.29, 0.717) is 13.0 Å². The summed E-state index contributed by atoms with van der Waals surface area (Å²) in [7, 11) is 0. The number of nitrogens with two attached hydrogens (primary N) is 1. The van der Waals surface area contributed by atoms with E-state index in [2.05, 4.69) is 4.98 Å². The van der Waals surface area contributed by atoms with Crippen LogP contribution in [0.3, 0.4) is 0 Å². The first-order valence-corrected chi connectivity index (χ1v) is 4.04. The zero-order valence-electron chi connectivity index (χ0n) is 7.20. The average molecular weight is 166 g/mol. The molecule has 1 unspecified atom stereocenters. The average Bonchev–Trinajstić information content (AvgIpc) is 2.05. The van der Waals surface area contributed by atoms with Gasteiger partial charge < -0.3 is 10.8 Å². The fourth-order valence-corrected chi connectivity index (χ4v) is 1.14. The molecule has 0 aromatic carbocycles. The van der Waals surface area contributed by atoms with Crippen molar-refractivity contribution < 1.29 is 5.11 Å². The summed E-state index contributed by atoms with van der Waals surface area (Å²) in [6.07, 6.45) is 3.53. The first-order chi connectivity index (χ1) is 5.75. The van der Waals surface area contributed by atoms with Crippen LogP contribution >= 0.6 is 0 Å². The first kappa shape index (κ1) is 9.16. The topological polar surface area (TPSA) is 59.1 Å². The van der Waals surface area contributed by atoms with E-state index >= 15 is 0 Å². The summed E-state index contributed by atoms with van der Waals surface area (Å²) < 4.78 is 0. The van der Waals surface area contributed by atoms with E-state index in [4.69, 9.17) is 5.73 Å². The van der Waals surface area contributed by atoms with Gasteiger partial charge in [-0.05, 0) is 31.5 Å². The second-order valence-electron chi connectivity index (χ2n) is 2.83. The summed E-state index contributed by atoms with van der Waals surface area (Å²) in [5.74, 6) is 0. The molecule has 3 N–H and O–H groups in total. The van der Waals surface area contributed by atoms with Crippen LogP contribution in [0.25, 0.3) is 0 Å². The maximum atomic E-state index is 9.58. The van der Waals surface area contributed by atoms with Crippen LogP contribution in [0, 0.1) is 6.92 Å². The Bertz CT molecular complexity index is 250. The van der Waals surface area contributed by atoms with Gasteiger partial charge in [0, 0.05) is 18.0 Å². The molecule has 1 aromatic rings. The number of rotatable bonds is 3. The van der Waals surface area contributed by atoms with Gasteiger partial charge in [0.1, 0.15) is 0 Å². The molecule has 1 atom stereocenters. The van der Waals surface area contributed by atoms with Gasteiger partial charge in [0.05, 0.1) is 6.10 Å². The van der Waals surface area contributed by atoms with Crippen molar-refractivity contribution in [1.29, 1.82) is 0 Å². The minimum atomic E-state index is -0.469. The second kappa shape index (κ2) is 4.18. The molecule has 3 nitrogen and oxygen atoms in total. The van der Waals surface area contributed by atoms with Gasteiger partial charge in [-0.2, -0.15) is 0 Å². The largest absolute Gasteiger partial charge is 0.388 e. The molecule has 0 spiro atoms. The van der Waals surface area contributed by atoms with Crippen molar-refractivity contribution in [2.75, 3.05) is 6.54 Å². The molecule has 1 heterocycles. The van der Waals surface area contributed by atoms with Crippen LogP contribution in [0.2, 0.25) is 0 Å². The van der Waals surface area contributed by atoms with E-state index < -0.39 is 6.10 Å². The van der Waals surface area contributed by atoms with Crippen molar-refractivity contribution in [3.05, 3.63) is 29.6 Å². The third-order valence-electron chi connectivity index (χ3n) is 1.88. The van der Waals surface area contributed by atoms with Gasteiger partial charge in [-0.1, -0.05) is 0 Å². The molecule has 0 aliphatic rings. The lowest BCUT2D eigenvalue weighted by atomic mass is 10.0. The van der Waals surface area contributed by atoms with Gasteiger partial charge in [-0.25, -0.2) is 0 Å². The molecule has 66 valence electrons. The number of aliphatic hydroxyl groups is 1. The highest BCUT2D eigenvalue weighted by atomic mass is 16.3. The van der Waals surface area contributed by atoms with E-state index in [1.807, 2.05) is 13.0 Å². The number of hydrogen-bond donors (Lipinski definition) is 2. The summed E-state index contributed by atoms with van der Waals surface area (Å²) in [6.45, 7) is 2.45. The summed E-state index contributed by atoms with van der Waals surface area (Å²) >= 11 is 0. The van der Waals surface area contributed by atoms with E-state index in [-0.39, 0.29) is 0 Å². The second-order valence-corrected chi connectivity index (χ2v) is 2.83. The van der Waals surface area contributed by atoms with E-state index in [9.17, 15) is 5.11 Å². The minimum Gasteiger partial charge on any atom is -0.388 e. The van der Waals surface area contributed by atoms with Gasteiger partial charge >= 0.3 is 0 Å². The van der Waals surface area contributed by atoms with Gasteiger partial charge in [0.2, 0.25) is 0 Å². The molecule has 0 bridgehead atoms. The Balaban J connectivity index is 2.79. The van der Waals surface area contributed by atoms with Gasteiger partial charge in [0.25, 0.3) is 0 Å². The van der Waals surface area contributed by atoms with Gasteiger partial charge in [0.15, 0.2) is 0 Å². The zero-order chi connectivity index (χ0) is 8.97. The molecular weight excluding hydrogens is 152 g/mol. The normalized spacial score (nSPS) is 12.9. The smallest absolute Gasteiger partial charge is 0.0819 e. The van der Waals surface area contributed by atoms with Crippen molar-refractivity contribution in [2.24, 2.45) is 5.73 Å². The Hall–Kier alpha value is -0.930. The standard InChI is InChI=1S/C9H14N2O/c1-7-3-5-11-6-8(7)9(12)2-4-10/h3,5-6,9,12H,2,4,10H2,1H3. The van der Waals surface area contributed by atoms with Crippen LogP contribution < -0.4 is 5.73 Å². The molecule has 12 heavy (non-hydrogen) atoms. The fourth-order valence-electron chi connectivity index (χ4n) is 1.14.